The van der Waals surface area contributed by atoms with Crippen LogP contribution in [0.5, 0.6) is 0 Å². The van der Waals surface area contributed by atoms with E-state index in [0.29, 0.717) is 49.4 Å². The Morgan fingerprint density at radius 1 is 1.12 bits per heavy atom. The van der Waals surface area contributed by atoms with Gasteiger partial charge in [-0.1, -0.05) is 19.1 Å². The van der Waals surface area contributed by atoms with E-state index in [4.69, 9.17) is 14.2 Å². The average molecular weight is 670 g/mol. The third-order valence-electron chi connectivity index (χ3n) is 14.5. The van der Waals surface area contributed by atoms with Gasteiger partial charge in [-0.25, -0.2) is 4.79 Å². The molecular weight excluding hydrogens is 622 g/mol. The number of nitrogens with zero attached hydrogens (tertiary/aromatic N) is 2. The number of methoxy groups -OCH3 is 2. The molecule has 7 fully saturated rings. The molecule has 1 amide bonds. The van der Waals surface area contributed by atoms with Gasteiger partial charge in [0.15, 0.2) is 0 Å². The van der Waals surface area contributed by atoms with Gasteiger partial charge in [0.05, 0.1) is 23.5 Å². The lowest BCUT2D eigenvalue weighted by molar-refractivity contribution is -0.333. The molecule has 1 aromatic carbocycles. The van der Waals surface area contributed by atoms with Gasteiger partial charge in [-0.15, -0.1) is 0 Å². The van der Waals surface area contributed by atoms with Crippen LogP contribution >= 0.6 is 0 Å². The number of amides is 1. The van der Waals surface area contributed by atoms with E-state index in [2.05, 4.69) is 22.1 Å². The lowest BCUT2D eigenvalue weighted by Crippen LogP contribution is -2.82. The number of likely N-dealkylation sites (N-methyl/N-ethyl adjacent to an activating group) is 1. The van der Waals surface area contributed by atoms with Crippen molar-refractivity contribution in [3.63, 3.8) is 0 Å². The fourth-order valence-corrected chi connectivity index (χ4v) is 13.2. The van der Waals surface area contributed by atoms with Crippen LogP contribution in [0.25, 0.3) is 6.08 Å². The van der Waals surface area contributed by atoms with E-state index < -0.39 is 28.2 Å². The second kappa shape index (κ2) is 10.7. The van der Waals surface area contributed by atoms with Crippen molar-refractivity contribution in [3.05, 3.63) is 65.5 Å². The maximum Gasteiger partial charge on any atom is 0.340 e. The largest absolute Gasteiger partial charge is 0.454 e. The standard InChI is InChI=1S/C39H47N3O7/c1-5-42-20-36(49-35(44)23-8-6-7-9-26(23)41-31(43)11-10-22-13-15-40-21(2)16-22)14-12-30(48-4)38-28(36)18-25(34(38)42)37(45)19-27(47-3)32-24-17-29(38)39(37,46)33(24)32/h6-11,13,15-16,24-25,27-30,32-34,45-46H,5,12,14,17-20H2,1-4H3,(H,41,43)/b11-10+/t24-,25-,27+,28-,29+,30+,32?,33-,34?,36-,37+,38+,39+/m1/s1. The van der Waals surface area contributed by atoms with E-state index in [-0.39, 0.29) is 53.7 Å². The van der Waals surface area contributed by atoms with E-state index in [1.807, 2.05) is 19.1 Å². The average Bonchev–Trinajstić information content (AvgIpc) is 3.64. The number of pyridine rings is 1. The Balaban J connectivity index is 1.07. The van der Waals surface area contributed by atoms with Crippen molar-refractivity contribution in [1.29, 1.82) is 0 Å². The highest BCUT2D eigenvalue weighted by molar-refractivity contribution is 6.06. The fourth-order valence-electron chi connectivity index (χ4n) is 13.2. The van der Waals surface area contributed by atoms with Gasteiger partial charge < -0.3 is 29.7 Å². The number of carbonyl (C=O) groups is 2. The molecule has 9 rings (SSSR count). The van der Waals surface area contributed by atoms with Crippen LogP contribution < -0.4 is 5.32 Å². The number of esters is 1. The summed E-state index contributed by atoms with van der Waals surface area (Å²) >= 11 is 0. The quantitative estimate of drug-likeness (QED) is 0.284. The lowest BCUT2D eigenvalue weighted by Gasteiger charge is -2.71. The smallest absolute Gasteiger partial charge is 0.340 e. The maximum atomic E-state index is 14.4. The number of aryl methyl sites for hydroxylation is 1. The fraction of sp³-hybridized carbons (Fsp3) is 0.615. The maximum absolute atomic E-state index is 14.4. The number of aliphatic hydroxyl groups is 2. The minimum absolute atomic E-state index is 0.00366. The number of anilines is 1. The third kappa shape index (κ3) is 3.92. The molecule has 49 heavy (non-hydrogen) atoms. The number of fused-ring (bicyclic) bond motifs is 2. The zero-order valence-electron chi connectivity index (χ0n) is 28.7. The van der Waals surface area contributed by atoms with Crippen LogP contribution in [0.2, 0.25) is 0 Å². The molecule has 2 aromatic rings. The summed E-state index contributed by atoms with van der Waals surface area (Å²) in [5.74, 6) is -0.653. The van der Waals surface area contributed by atoms with Gasteiger partial charge >= 0.3 is 5.97 Å². The summed E-state index contributed by atoms with van der Waals surface area (Å²) in [5.41, 5.74) is -1.41. The second-order valence-electron chi connectivity index (χ2n) is 16.0. The zero-order valence-corrected chi connectivity index (χ0v) is 28.7. The van der Waals surface area contributed by atoms with Gasteiger partial charge in [0.2, 0.25) is 5.91 Å². The van der Waals surface area contributed by atoms with Gasteiger partial charge in [-0.2, -0.15) is 0 Å². The van der Waals surface area contributed by atoms with Gasteiger partial charge in [0.1, 0.15) is 16.8 Å². The van der Waals surface area contributed by atoms with E-state index in [1.165, 1.54) is 6.08 Å². The first-order valence-corrected chi connectivity index (χ1v) is 18.1. The van der Waals surface area contributed by atoms with E-state index in [9.17, 15) is 19.8 Å². The Bertz CT molecular complexity index is 1750. The minimum atomic E-state index is -1.29. The van der Waals surface area contributed by atoms with E-state index >= 15 is 0 Å². The van der Waals surface area contributed by atoms with Crippen molar-refractivity contribution >= 4 is 23.6 Å². The number of likely N-dealkylation sites (tertiary alicyclic amines) is 1. The highest BCUT2D eigenvalue weighted by Crippen LogP contribution is 2.84. The van der Waals surface area contributed by atoms with Crippen LogP contribution in [0, 0.1) is 47.8 Å². The number of aromatic nitrogens is 1. The van der Waals surface area contributed by atoms with Crippen molar-refractivity contribution in [3.8, 4) is 0 Å². The molecule has 260 valence electrons. The van der Waals surface area contributed by atoms with Gasteiger partial charge in [-0.05, 0) is 92.8 Å². The van der Waals surface area contributed by atoms with Gasteiger partial charge in [0, 0.05) is 74.4 Å². The number of para-hydroxylation sites is 1. The van der Waals surface area contributed by atoms with Crippen molar-refractivity contribution in [1.82, 2.24) is 9.88 Å². The van der Waals surface area contributed by atoms with Crippen LogP contribution in [0.15, 0.2) is 48.7 Å². The number of benzene rings is 1. The first-order valence-electron chi connectivity index (χ1n) is 18.1. The molecule has 10 heteroatoms. The molecule has 0 radical (unpaired) electrons. The molecule has 1 saturated heterocycles. The van der Waals surface area contributed by atoms with Crippen molar-refractivity contribution in [2.45, 2.75) is 81.0 Å². The summed E-state index contributed by atoms with van der Waals surface area (Å²) in [6, 6.07) is 10.7. The highest BCUT2D eigenvalue weighted by atomic mass is 16.6. The monoisotopic (exact) mass is 669 g/mol. The molecular formula is C39H47N3O7. The SMILES string of the molecule is CCN1C[C@]2(OC(=O)c3ccccc3NC(=O)/C=C/c3ccnc(C)c3)CC[C@H](OC)[C@]34C1[C@@H](C[C@H]23)[C@@]1(O)C[C@H](OC)C2[C@H]3C[C@@H]4[C@]1(O)[C@@H]23. The van der Waals surface area contributed by atoms with Crippen LogP contribution in [0.4, 0.5) is 5.69 Å². The lowest BCUT2D eigenvalue weighted by atomic mass is 9.42. The van der Waals surface area contributed by atoms with Crippen LogP contribution in [-0.2, 0) is 19.0 Å². The molecule has 10 nitrogen and oxygen atoms in total. The molecule has 6 aliphatic carbocycles. The number of carbonyl (C=O) groups excluding carboxylic acids is 2. The van der Waals surface area contributed by atoms with Crippen LogP contribution in [0.1, 0.15) is 60.6 Å². The number of rotatable bonds is 8. The summed E-state index contributed by atoms with van der Waals surface area (Å²) in [4.78, 5) is 34.1. The summed E-state index contributed by atoms with van der Waals surface area (Å²) in [7, 11) is 3.52. The Morgan fingerprint density at radius 3 is 2.69 bits per heavy atom. The predicted octanol–water partition coefficient (Wildman–Crippen LogP) is 3.85. The van der Waals surface area contributed by atoms with E-state index in [1.54, 1.807) is 50.8 Å². The molecule has 1 aromatic heterocycles. The molecule has 6 saturated carbocycles. The van der Waals surface area contributed by atoms with Crippen molar-refractivity contribution in [2.75, 3.05) is 32.6 Å². The Labute approximate surface area is 287 Å². The number of ether oxygens (including phenoxy) is 3. The van der Waals surface area contributed by atoms with Crippen LogP contribution in [0.3, 0.4) is 0 Å². The molecule has 3 N–H and O–H groups in total. The first-order chi connectivity index (χ1) is 23.6. The normalized spacial score (nSPS) is 45.2. The number of hydrogen-bond acceptors (Lipinski definition) is 9. The van der Waals surface area contributed by atoms with Crippen LogP contribution in [-0.4, -0.2) is 94.3 Å². The number of nitrogens with one attached hydrogen (secondary N) is 1. The molecule has 7 aliphatic rings. The molecule has 1 aliphatic heterocycles. The first kappa shape index (κ1) is 31.8. The van der Waals surface area contributed by atoms with Crippen molar-refractivity contribution < 1.29 is 34.0 Å². The van der Waals surface area contributed by atoms with Gasteiger partial charge in [0.25, 0.3) is 0 Å². The Morgan fingerprint density at radius 2 is 1.94 bits per heavy atom. The third-order valence-corrected chi connectivity index (χ3v) is 14.5. The van der Waals surface area contributed by atoms with Crippen molar-refractivity contribution in [2.24, 2.45) is 40.9 Å². The minimum Gasteiger partial charge on any atom is -0.454 e. The van der Waals surface area contributed by atoms with E-state index in [0.717, 1.165) is 24.2 Å². The highest BCUT2D eigenvalue weighted by Gasteiger charge is 2.92. The molecule has 2 unspecified atom stereocenters. The number of hydrogen-bond donors (Lipinski definition) is 3. The summed E-state index contributed by atoms with van der Waals surface area (Å²) in [5, 5.41) is 28.8. The molecule has 2 heterocycles. The second-order valence-corrected chi connectivity index (χ2v) is 16.0. The Hall–Kier alpha value is -3.15. The molecule has 5 bridgehead atoms. The summed E-state index contributed by atoms with van der Waals surface area (Å²) < 4.78 is 19.2. The predicted molar refractivity (Wildman–Crippen MR) is 180 cm³/mol. The summed E-state index contributed by atoms with van der Waals surface area (Å²) in [6.07, 6.45) is 7.94. The topological polar surface area (TPSA) is 130 Å². The van der Waals surface area contributed by atoms with Gasteiger partial charge in [-0.3, -0.25) is 14.7 Å². The molecule has 13 atom stereocenters. The number of piperidine rings is 1. The summed E-state index contributed by atoms with van der Waals surface area (Å²) in [6.45, 7) is 5.32. The molecule has 1 spiro atoms. The Kier molecular flexibility index (Phi) is 6.93. The zero-order chi connectivity index (χ0) is 34.1.